The fourth-order valence-corrected chi connectivity index (χ4v) is 1.40. The van der Waals surface area contributed by atoms with Crippen LogP contribution in [-0.4, -0.2) is 18.7 Å². The first-order valence-electron chi connectivity index (χ1n) is 4.56. The zero-order chi connectivity index (χ0) is 13.1. The Balaban J connectivity index is 2.86. The molecule has 1 aromatic rings. The zero-order valence-electron chi connectivity index (χ0n) is 8.68. The largest absolute Gasteiger partial charge is 0.502 e. The highest BCUT2D eigenvalue weighted by Crippen LogP contribution is 2.31. The van der Waals surface area contributed by atoms with Gasteiger partial charge in [0.05, 0.1) is 11.6 Å². The van der Waals surface area contributed by atoms with Crippen molar-refractivity contribution in [2.24, 2.45) is 0 Å². The molecule has 17 heavy (non-hydrogen) atoms. The summed E-state index contributed by atoms with van der Waals surface area (Å²) in [6.07, 6.45) is -4.09. The number of alkyl halides is 2. The predicted molar refractivity (Wildman–Crippen MR) is 58.7 cm³/mol. The van der Waals surface area contributed by atoms with E-state index in [4.69, 9.17) is 23.2 Å². The average molecular weight is 285 g/mol. The summed E-state index contributed by atoms with van der Waals surface area (Å²) >= 11 is 11.2. The van der Waals surface area contributed by atoms with Crippen LogP contribution in [0.3, 0.4) is 0 Å². The number of benzene rings is 1. The number of carbonyl (C=O) groups excluding carboxylic acids is 1. The Bertz CT molecular complexity index is 424. The quantitative estimate of drug-likeness (QED) is 0.794. The lowest BCUT2D eigenvalue weighted by Crippen LogP contribution is -2.36. The fourth-order valence-electron chi connectivity index (χ4n) is 0.953. The van der Waals surface area contributed by atoms with E-state index in [2.05, 4.69) is 9.47 Å². The van der Waals surface area contributed by atoms with Gasteiger partial charge in [0.25, 0.3) is 0 Å². The Morgan fingerprint density at radius 1 is 1.41 bits per heavy atom. The number of carbonyl (C=O) groups is 1. The average Bonchev–Trinajstić information content (AvgIpc) is 2.22. The first-order valence-corrected chi connectivity index (χ1v) is 5.31. The van der Waals surface area contributed by atoms with Crippen molar-refractivity contribution < 1.29 is 23.0 Å². The minimum absolute atomic E-state index is 0.124. The Hall–Kier alpha value is -1.07. The van der Waals surface area contributed by atoms with E-state index in [0.29, 0.717) is 0 Å². The lowest BCUT2D eigenvalue weighted by Gasteiger charge is -2.16. The van der Waals surface area contributed by atoms with E-state index in [0.717, 1.165) is 6.07 Å². The van der Waals surface area contributed by atoms with Crippen LogP contribution in [0, 0.1) is 0 Å². The summed E-state index contributed by atoms with van der Waals surface area (Å²) in [7, 11) is 0. The van der Waals surface area contributed by atoms with Crippen LogP contribution < -0.4 is 4.74 Å². The first kappa shape index (κ1) is 14.0. The maximum Gasteiger partial charge on any atom is 0.502 e. The monoisotopic (exact) mass is 284 g/mol. The molecule has 0 saturated heterocycles. The molecule has 0 bridgehead atoms. The molecule has 1 rings (SSSR count). The second-order valence-electron chi connectivity index (χ2n) is 2.91. The van der Waals surface area contributed by atoms with Gasteiger partial charge < -0.3 is 9.47 Å². The highest BCUT2D eigenvalue weighted by Gasteiger charge is 2.44. The van der Waals surface area contributed by atoms with E-state index >= 15 is 0 Å². The van der Waals surface area contributed by atoms with Gasteiger partial charge in [-0.25, -0.2) is 4.79 Å². The van der Waals surface area contributed by atoms with Crippen molar-refractivity contribution in [2.75, 3.05) is 6.61 Å². The molecule has 0 aliphatic carbocycles. The summed E-state index contributed by atoms with van der Waals surface area (Å²) in [4.78, 5) is 10.9. The summed E-state index contributed by atoms with van der Waals surface area (Å²) < 4.78 is 34.7. The number of hydrogen-bond acceptors (Lipinski definition) is 3. The maximum absolute atomic E-state index is 13.2. The highest BCUT2D eigenvalue weighted by molar-refractivity contribution is 6.35. The molecule has 3 nitrogen and oxygen atoms in total. The molecule has 94 valence electrons. The molecule has 0 fully saturated rings. The zero-order valence-corrected chi connectivity index (χ0v) is 10.2. The van der Waals surface area contributed by atoms with Crippen molar-refractivity contribution in [1.82, 2.24) is 0 Å². The van der Waals surface area contributed by atoms with Crippen molar-refractivity contribution in [3.63, 3.8) is 0 Å². The second-order valence-corrected chi connectivity index (χ2v) is 3.76. The second kappa shape index (κ2) is 5.51. The van der Waals surface area contributed by atoms with Gasteiger partial charge in [-0.2, -0.15) is 8.78 Å². The lowest BCUT2D eigenvalue weighted by atomic mass is 10.3. The maximum atomic E-state index is 13.2. The van der Waals surface area contributed by atoms with Crippen LogP contribution in [0.15, 0.2) is 18.2 Å². The van der Waals surface area contributed by atoms with Crippen LogP contribution in [0.5, 0.6) is 5.75 Å². The molecule has 1 aromatic carbocycles. The van der Waals surface area contributed by atoms with Gasteiger partial charge in [0, 0.05) is 5.02 Å². The summed E-state index contributed by atoms with van der Waals surface area (Å²) in [6.45, 7) is 1.23. The minimum Gasteiger partial charge on any atom is -0.459 e. The standard InChI is InChI=1S/C10H8Cl2F2O3/c1-2-16-9(15)10(13,14)17-8-4-3-6(11)5-7(8)12/h3-5H,2H2,1H3. The van der Waals surface area contributed by atoms with Crippen molar-refractivity contribution in [3.05, 3.63) is 28.2 Å². The molecular weight excluding hydrogens is 277 g/mol. The van der Waals surface area contributed by atoms with E-state index in [9.17, 15) is 13.6 Å². The molecule has 0 radical (unpaired) electrons. The Labute approximate surface area is 106 Å². The highest BCUT2D eigenvalue weighted by atomic mass is 35.5. The number of esters is 1. The van der Waals surface area contributed by atoms with Crippen LogP contribution in [0.4, 0.5) is 8.78 Å². The fraction of sp³-hybridized carbons (Fsp3) is 0.300. The van der Waals surface area contributed by atoms with Crippen molar-refractivity contribution >= 4 is 29.2 Å². The Kier molecular flexibility index (Phi) is 4.54. The van der Waals surface area contributed by atoms with Gasteiger partial charge in [-0.05, 0) is 25.1 Å². The number of halogens is 4. The molecule has 0 atom stereocenters. The molecule has 7 heteroatoms. The summed E-state index contributed by atoms with van der Waals surface area (Å²) in [5, 5.41) is 0.142. The summed E-state index contributed by atoms with van der Waals surface area (Å²) in [5.74, 6) is -2.12. The summed E-state index contributed by atoms with van der Waals surface area (Å²) in [5.41, 5.74) is 0. The third kappa shape index (κ3) is 3.71. The smallest absolute Gasteiger partial charge is 0.459 e. The van der Waals surface area contributed by atoms with Crippen LogP contribution in [-0.2, 0) is 9.53 Å². The van der Waals surface area contributed by atoms with Gasteiger partial charge in [-0.15, -0.1) is 0 Å². The topological polar surface area (TPSA) is 35.5 Å². The molecule has 0 aliphatic rings. The SMILES string of the molecule is CCOC(=O)C(F)(F)Oc1ccc(Cl)cc1Cl. The summed E-state index contributed by atoms with van der Waals surface area (Å²) in [6, 6.07) is 3.67. The van der Waals surface area contributed by atoms with Gasteiger partial charge in [-0.1, -0.05) is 23.2 Å². The molecule has 0 aromatic heterocycles. The molecule has 0 unspecified atom stereocenters. The van der Waals surface area contributed by atoms with Gasteiger partial charge in [-0.3, -0.25) is 0 Å². The first-order chi connectivity index (χ1) is 7.86. The van der Waals surface area contributed by atoms with Gasteiger partial charge >= 0.3 is 12.1 Å². The molecular formula is C10H8Cl2F2O3. The Morgan fingerprint density at radius 2 is 2.06 bits per heavy atom. The van der Waals surface area contributed by atoms with Crippen LogP contribution in [0.25, 0.3) is 0 Å². The molecule has 0 N–H and O–H groups in total. The molecule has 0 amide bonds. The van der Waals surface area contributed by atoms with Gasteiger partial charge in [0.15, 0.2) is 0 Å². The van der Waals surface area contributed by atoms with Crippen molar-refractivity contribution in [1.29, 1.82) is 0 Å². The number of hydrogen-bond donors (Lipinski definition) is 0. The number of rotatable bonds is 4. The van der Waals surface area contributed by atoms with Gasteiger partial charge in [0.2, 0.25) is 0 Å². The number of ether oxygens (including phenoxy) is 2. The Morgan fingerprint density at radius 3 is 2.59 bits per heavy atom. The van der Waals surface area contributed by atoms with Crippen LogP contribution in [0.2, 0.25) is 10.0 Å². The third-order valence-electron chi connectivity index (χ3n) is 1.65. The molecule has 0 aliphatic heterocycles. The van der Waals surface area contributed by atoms with E-state index in [1.807, 2.05) is 0 Å². The normalized spacial score (nSPS) is 11.1. The van der Waals surface area contributed by atoms with E-state index in [1.165, 1.54) is 19.1 Å². The van der Waals surface area contributed by atoms with E-state index < -0.39 is 12.1 Å². The van der Waals surface area contributed by atoms with E-state index in [-0.39, 0.29) is 22.4 Å². The van der Waals surface area contributed by atoms with E-state index in [1.54, 1.807) is 0 Å². The van der Waals surface area contributed by atoms with Crippen molar-refractivity contribution in [2.45, 2.75) is 13.0 Å². The molecule has 0 heterocycles. The van der Waals surface area contributed by atoms with Crippen molar-refractivity contribution in [3.8, 4) is 5.75 Å². The lowest BCUT2D eigenvalue weighted by molar-refractivity contribution is -0.216. The minimum atomic E-state index is -4.09. The predicted octanol–water partition coefficient (Wildman–Crippen LogP) is 3.53. The molecule has 0 saturated carbocycles. The molecule has 0 spiro atoms. The van der Waals surface area contributed by atoms with Crippen LogP contribution in [0.1, 0.15) is 6.92 Å². The third-order valence-corrected chi connectivity index (χ3v) is 2.18. The van der Waals surface area contributed by atoms with Gasteiger partial charge in [0.1, 0.15) is 5.75 Å². The van der Waals surface area contributed by atoms with Crippen LogP contribution >= 0.6 is 23.2 Å².